The van der Waals surface area contributed by atoms with E-state index in [1.54, 1.807) is 0 Å². The second-order valence-corrected chi connectivity index (χ2v) is 7.51. The van der Waals surface area contributed by atoms with Gasteiger partial charge in [0.05, 0.1) is 25.2 Å². The van der Waals surface area contributed by atoms with E-state index >= 15 is 0 Å². The van der Waals surface area contributed by atoms with Crippen molar-refractivity contribution in [2.75, 3.05) is 26.4 Å². The Labute approximate surface area is 148 Å². The van der Waals surface area contributed by atoms with Gasteiger partial charge in [0.1, 0.15) is 6.10 Å². The Kier molecular flexibility index (Phi) is 6.67. The van der Waals surface area contributed by atoms with Gasteiger partial charge < -0.3 is 25.2 Å². The van der Waals surface area contributed by atoms with Gasteiger partial charge in [-0.15, -0.1) is 0 Å². The van der Waals surface area contributed by atoms with Crippen LogP contribution in [-0.4, -0.2) is 61.5 Å². The molecule has 25 heavy (non-hydrogen) atoms. The number of hydrogen-bond donors (Lipinski definition) is 3. The van der Waals surface area contributed by atoms with Crippen LogP contribution in [-0.2, 0) is 19.1 Å². The minimum atomic E-state index is -0.446. The van der Waals surface area contributed by atoms with Crippen LogP contribution in [0, 0.1) is 11.8 Å². The van der Waals surface area contributed by atoms with Crippen LogP contribution in [0.25, 0.3) is 0 Å². The van der Waals surface area contributed by atoms with Crippen LogP contribution < -0.4 is 10.6 Å². The van der Waals surface area contributed by atoms with Crippen molar-refractivity contribution >= 4 is 11.8 Å². The summed E-state index contributed by atoms with van der Waals surface area (Å²) in [6.45, 7) is 1.86. The molecule has 0 aromatic heterocycles. The first-order chi connectivity index (χ1) is 12.2. The average molecular weight is 354 g/mol. The van der Waals surface area contributed by atoms with Crippen molar-refractivity contribution in [3.05, 3.63) is 0 Å². The number of rotatable bonds is 7. The number of amides is 2. The maximum absolute atomic E-state index is 12.4. The Balaban J connectivity index is 1.42. The van der Waals surface area contributed by atoms with Crippen LogP contribution in [0.3, 0.4) is 0 Å². The van der Waals surface area contributed by atoms with Crippen molar-refractivity contribution in [3.63, 3.8) is 0 Å². The molecule has 3 atom stereocenters. The van der Waals surface area contributed by atoms with E-state index in [1.807, 2.05) is 0 Å². The largest absolute Gasteiger partial charge is 0.394 e. The zero-order valence-corrected chi connectivity index (χ0v) is 14.7. The molecule has 3 N–H and O–H groups in total. The number of carbonyl (C=O) groups excluding carboxylic acids is 2. The molecule has 3 aliphatic rings. The molecule has 0 radical (unpaired) electrons. The summed E-state index contributed by atoms with van der Waals surface area (Å²) in [5.41, 5.74) is 0. The van der Waals surface area contributed by atoms with E-state index in [4.69, 9.17) is 9.47 Å². The molecule has 0 aromatic rings. The van der Waals surface area contributed by atoms with E-state index in [1.165, 1.54) is 12.8 Å². The second kappa shape index (κ2) is 8.96. The Bertz CT molecular complexity index is 462. The third-order valence-corrected chi connectivity index (χ3v) is 5.41. The van der Waals surface area contributed by atoms with Gasteiger partial charge in [-0.05, 0) is 44.4 Å². The molecule has 1 aliphatic carbocycles. The van der Waals surface area contributed by atoms with Gasteiger partial charge in [0.25, 0.3) is 0 Å². The molecule has 2 aliphatic heterocycles. The van der Waals surface area contributed by atoms with Crippen LogP contribution in [0.4, 0.5) is 0 Å². The Hall–Kier alpha value is -1.18. The molecule has 0 spiro atoms. The first-order valence-electron chi connectivity index (χ1n) is 9.57. The van der Waals surface area contributed by atoms with Crippen molar-refractivity contribution in [2.24, 2.45) is 11.8 Å². The lowest BCUT2D eigenvalue weighted by atomic mass is 9.94. The lowest BCUT2D eigenvalue weighted by molar-refractivity contribution is -0.139. The van der Waals surface area contributed by atoms with Gasteiger partial charge in [-0.1, -0.05) is 0 Å². The van der Waals surface area contributed by atoms with E-state index in [-0.39, 0.29) is 36.5 Å². The highest BCUT2D eigenvalue weighted by molar-refractivity contribution is 5.79. The first kappa shape index (κ1) is 18.6. The van der Waals surface area contributed by atoms with Crippen LogP contribution >= 0.6 is 0 Å². The normalized spacial score (nSPS) is 30.7. The summed E-state index contributed by atoms with van der Waals surface area (Å²) in [5, 5.41) is 15.6. The highest BCUT2D eigenvalue weighted by atomic mass is 16.5. The Morgan fingerprint density at radius 2 is 1.80 bits per heavy atom. The summed E-state index contributed by atoms with van der Waals surface area (Å²) < 4.78 is 11.2. The molecule has 0 bridgehead atoms. The van der Waals surface area contributed by atoms with Crippen LogP contribution in [0.1, 0.15) is 44.9 Å². The van der Waals surface area contributed by atoms with E-state index in [2.05, 4.69) is 10.6 Å². The van der Waals surface area contributed by atoms with Gasteiger partial charge >= 0.3 is 0 Å². The number of hydrogen-bond acceptors (Lipinski definition) is 5. The van der Waals surface area contributed by atoms with Gasteiger partial charge in [-0.3, -0.25) is 9.59 Å². The maximum Gasteiger partial charge on any atom is 0.223 e. The average Bonchev–Trinajstić information content (AvgIpc) is 3.46. The van der Waals surface area contributed by atoms with Crippen molar-refractivity contribution in [2.45, 2.75) is 63.2 Å². The first-order valence-corrected chi connectivity index (χ1v) is 9.57. The molecule has 7 nitrogen and oxygen atoms in total. The highest BCUT2D eigenvalue weighted by Crippen LogP contribution is 2.28. The van der Waals surface area contributed by atoms with E-state index < -0.39 is 6.10 Å². The third kappa shape index (κ3) is 5.66. The van der Waals surface area contributed by atoms with Crippen LogP contribution in [0.15, 0.2) is 0 Å². The van der Waals surface area contributed by atoms with E-state index in [0.29, 0.717) is 32.0 Å². The van der Waals surface area contributed by atoms with Gasteiger partial charge in [-0.2, -0.15) is 0 Å². The molecule has 2 saturated heterocycles. The van der Waals surface area contributed by atoms with E-state index in [9.17, 15) is 14.7 Å². The molecule has 7 heteroatoms. The van der Waals surface area contributed by atoms with Crippen molar-refractivity contribution < 1.29 is 24.2 Å². The summed E-state index contributed by atoms with van der Waals surface area (Å²) in [4.78, 5) is 24.3. The van der Waals surface area contributed by atoms with Crippen LogP contribution in [0.2, 0.25) is 0 Å². The fourth-order valence-electron chi connectivity index (χ4n) is 3.57. The van der Waals surface area contributed by atoms with Crippen molar-refractivity contribution in [1.82, 2.24) is 10.6 Å². The maximum atomic E-state index is 12.4. The van der Waals surface area contributed by atoms with Gasteiger partial charge in [0.15, 0.2) is 0 Å². The third-order valence-electron chi connectivity index (χ3n) is 5.41. The molecular weight excluding hydrogens is 324 g/mol. The smallest absolute Gasteiger partial charge is 0.223 e. The number of aliphatic hydroxyl groups excluding tert-OH is 1. The second-order valence-electron chi connectivity index (χ2n) is 7.51. The minimum absolute atomic E-state index is 0.0123. The molecule has 2 heterocycles. The summed E-state index contributed by atoms with van der Waals surface area (Å²) in [7, 11) is 0. The topological polar surface area (TPSA) is 96.9 Å². The highest BCUT2D eigenvalue weighted by Gasteiger charge is 2.34. The molecule has 0 unspecified atom stereocenters. The monoisotopic (exact) mass is 354 g/mol. The fourth-order valence-corrected chi connectivity index (χ4v) is 3.57. The molecular formula is C18H30N2O5. The van der Waals surface area contributed by atoms with Crippen LogP contribution in [0.5, 0.6) is 0 Å². The Morgan fingerprint density at radius 3 is 2.48 bits per heavy atom. The van der Waals surface area contributed by atoms with Crippen molar-refractivity contribution in [1.29, 1.82) is 0 Å². The lowest BCUT2D eigenvalue weighted by Crippen LogP contribution is -2.53. The molecule has 3 fully saturated rings. The molecule has 142 valence electrons. The molecule has 2 amide bonds. The SMILES string of the molecule is O=C(C[C@@H]1CC[C@H](NC(=O)C2CCOCC2)[C@@H](CO)O1)NCC1CC1. The number of carbonyl (C=O) groups is 2. The predicted octanol–water partition coefficient (Wildman–Crippen LogP) is 0.354. The quantitative estimate of drug-likeness (QED) is 0.613. The minimum Gasteiger partial charge on any atom is -0.394 e. The number of ether oxygens (including phenoxy) is 2. The molecule has 1 saturated carbocycles. The summed E-state index contributed by atoms with van der Waals surface area (Å²) in [6, 6.07) is -0.189. The zero-order chi connectivity index (χ0) is 17.6. The number of nitrogens with one attached hydrogen (secondary N) is 2. The lowest BCUT2D eigenvalue weighted by Gasteiger charge is -2.37. The van der Waals surface area contributed by atoms with Gasteiger partial charge in [0.2, 0.25) is 11.8 Å². The Morgan fingerprint density at radius 1 is 1.04 bits per heavy atom. The summed E-state index contributed by atoms with van der Waals surface area (Å²) in [6.07, 6.45) is 5.03. The zero-order valence-electron chi connectivity index (χ0n) is 14.7. The standard InChI is InChI=1S/C18H30N2O5/c21-11-16-15(20-18(23)13-5-7-24-8-6-13)4-3-14(25-16)9-17(22)19-10-12-1-2-12/h12-16,21H,1-11H2,(H,19,22)(H,20,23)/t14-,15-,16+/m0/s1. The van der Waals surface area contributed by atoms with Gasteiger partial charge in [0, 0.05) is 25.7 Å². The number of aliphatic hydroxyl groups is 1. The summed E-state index contributed by atoms with van der Waals surface area (Å²) >= 11 is 0. The molecule has 0 aromatic carbocycles. The predicted molar refractivity (Wildman–Crippen MR) is 90.8 cm³/mol. The summed E-state index contributed by atoms with van der Waals surface area (Å²) in [5.74, 6) is 0.680. The van der Waals surface area contributed by atoms with Crippen molar-refractivity contribution in [3.8, 4) is 0 Å². The van der Waals surface area contributed by atoms with Gasteiger partial charge in [-0.25, -0.2) is 0 Å². The van der Waals surface area contributed by atoms with E-state index in [0.717, 1.165) is 25.8 Å². The fraction of sp³-hybridized carbons (Fsp3) is 0.889. The molecule has 3 rings (SSSR count).